The molecule has 39 heavy (non-hydrogen) atoms. The lowest BCUT2D eigenvalue weighted by Gasteiger charge is -2.18. The predicted octanol–water partition coefficient (Wildman–Crippen LogP) is 3.47. The minimum Gasteiger partial charge on any atom is -0.475 e. The van der Waals surface area contributed by atoms with Gasteiger partial charge in [-0.2, -0.15) is 13.2 Å². The maximum Gasteiger partial charge on any atom is 0.490 e. The van der Waals surface area contributed by atoms with Crippen molar-refractivity contribution >= 4 is 62.1 Å². The Morgan fingerprint density at radius 1 is 1.15 bits per heavy atom. The molecule has 0 aliphatic carbocycles. The van der Waals surface area contributed by atoms with Gasteiger partial charge in [0.25, 0.3) is 0 Å². The highest BCUT2D eigenvalue weighted by atomic mass is 79.9. The van der Waals surface area contributed by atoms with Crippen molar-refractivity contribution in [2.75, 3.05) is 6.61 Å². The second-order valence-electron chi connectivity index (χ2n) is 8.28. The molecule has 1 fully saturated rings. The van der Waals surface area contributed by atoms with E-state index in [9.17, 15) is 28.2 Å². The molecule has 0 radical (unpaired) electrons. The molecule has 1 aliphatic heterocycles. The van der Waals surface area contributed by atoms with Gasteiger partial charge < -0.3 is 30.5 Å². The number of nitrogens with two attached hydrogens (primary N) is 1. The van der Waals surface area contributed by atoms with Crippen LogP contribution in [0.4, 0.5) is 13.2 Å². The summed E-state index contributed by atoms with van der Waals surface area (Å²) in [5.74, 6) is -3.38. The summed E-state index contributed by atoms with van der Waals surface area (Å²) in [6.45, 7) is -0.271. The van der Waals surface area contributed by atoms with E-state index in [0.717, 1.165) is 5.56 Å². The molecule has 3 aromatic rings. The van der Waals surface area contributed by atoms with Gasteiger partial charge in [0, 0.05) is 0 Å². The van der Waals surface area contributed by atoms with Crippen LogP contribution in [-0.2, 0) is 25.5 Å². The number of ether oxygens (including phenoxy) is 2. The van der Waals surface area contributed by atoms with Crippen LogP contribution in [-0.4, -0.2) is 73.9 Å². The van der Waals surface area contributed by atoms with E-state index in [1.54, 1.807) is 16.7 Å². The van der Waals surface area contributed by atoms with Gasteiger partial charge in [0.15, 0.2) is 11.0 Å². The molecular weight excluding hydrogens is 638 g/mol. The molecular formula is C23H21BrCl2F3N3O7. The number of imidazole rings is 1. The number of esters is 1. The number of aliphatic hydroxyl groups excluding tert-OH is 2. The van der Waals surface area contributed by atoms with Gasteiger partial charge in [0.2, 0.25) is 0 Å². The molecule has 0 amide bonds. The zero-order chi connectivity index (χ0) is 29.1. The number of carbonyl (C=O) groups is 2. The van der Waals surface area contributed by atoms with Crippen molar-refractivity contribution in [1.29, 1.82) is 0 Å². The van der Waals surface area contributed by atoms with Crippen LogP contribution in [0.5, 0.6) is 0 Å². The Bertz CT molecular complexity index is 1330. The van der Waals surface area contributed by atoms with Crippen molar-refractivity contribution in [3.63, 3.8) is 0 Å². The normalized spacial score (nSPS) is 21.8. The topological polar surface area (TPSA) is 157 Å². The van der Waals surface area contributed by atoms with E-state index >= 15 is 0 Å². The SMILES string of the molecule is N[C@@H](Cc1ccccc1)C(=O)OC[C@H]1O[C@@H](n2c(Br)nc3cc(Cl)c(Cl)cc32)[C@H](O)[C@@H]1O.O=C(O)C(F)(F)F. The first-order valence-corrected chi connectivity index (χ1v) is 12.6. The number of halogens is 6. The zero-order valence-electron chi connectivity index (χ0n) is 19.6. The molecule has 4 rings (SSSR count). The van der Waals surface area contributed by atoms with Crippen LogP contribution in [0, 0.1) is 0 Å². The van der Waals surface area contributed by atoms with Crippen LogP contribution in [0.25, 0.3) is 11.0 Å². The predicted molar refractivity (Wildman–Crippen MR) is 136 cm³/mol. The Kier molecular flexibility index (Phi) is 10.2. The number of nitrogens with zero attached hydrogens (tertiary/aromatic N) is 2. The van der Waals surface area contributed by atoms with Gasteiger partial charge >= 0.3 is 18.1 Å². The third-order valence-corrected chi connectivity index (χ3v) is 6.80. The van der Waals surface area contributed by atoms with Crippen molar-refractivity contribution in [2.45, 2.75) is 43.2 Å². The lowest BCUT2D eigenvalue weighted by atomic mass is 10.1. The Labute approximate surface area is 237 Å². The van der Waals surface area contributed by atoms with Gasteiger partial charge in [-0.1, -0.05) is 53.5 Å². The lowest BCUT2D eigenvalue weighted by Crippen LogP contribution is -2.38. The molecule has 5 N–H and O–H groups in total. The summed E-state index contributed by atoms with van der Waals surface area (Å²) in [4.78, 5) is 25.5. The molecule has 1 saturated heterocycles. The molecule has 0 saturated carbocycles. The van der Waals surface area contributed by atoms with Crippen LogP contribution in [0.3, 0.4) is 0 Å². The van der Waals surface area contributed by atoms with Gasteiger partial charge in [0.1, 0.15) is 31.0 Å². The molecule has 2 heterocycles. The summed E-state index contributed by atoms with van der Waals surface area (Å²) in [5, 5.41) is 28.9. The molecule has 0 unspecified atom stereocenters. The molecule has 10 nitrogen and oxygen atoms in total. The standard InChI is InChI=1S/C21H20BrCl2N3O5.C2HF3O2/c22-21-26-14-7-11(23)12(24)8-15(14)27(21)19-18(29)17(28)16(32-19)9-31-20(30)13(25)6-10-4-2-1-3-5-10;3-2(4,5)1(6)7/h1-5,7-8,13,16-19,28-29H,6,9,25H2;(H,6,7)/t13-,16+,17+,18+,19+;/m0./s1. The van der Waals surface area contributed by atoms with Gasteiger partial charge in [-0.05, 0) is 40.0 Å². The third kappa shape index (κ3) is 7.60. The first-order valence-electron chi connectivity index (χ1n) is 11.0. The molecule has 0 bridgehead atoms. The summed E-state index contributed by atoms with van der Waals surface area (Å²) in [5.41, 5.74) is 7.92. The number of aliphatic hydroxyl groups is 2. The van der Waals surface area contributed by atoms with E-state index in [2.05, 4.69) is 20.9 Å². The largest absolute Gasteiger partial charge is 0.490 e. The van der Waals surface area contributed by atoms with Crippen LogP contribution in [0.2, 0.25) is 10.0 Å². The zero-order valence-corrected chi connectivity index (χ0v) is 22.7. The number of benzene rings is 2. The number of alkyl halides is 3. The molecule has 0 spiro atoms. The average molecular weight is 659 g/mol. The van der Waals surface area contributed by atoms with Crippen LogP contribution < -0.4 is 5.73 Å². The molecule has 2 aromatic carbocycles. The summed E-state index contributed by atoms with van der Waals surface area (Å²) >= 11 is 15.5. The molecule has 1 aromatic heterocycles. The van der Waals surface area contributed by atoms with Crippen molar-refractivity contribution < 1.29 is 47.6 Å². The van der Waals surface area contributed by atoms with E-state index in [0.29, 0.717) is 32.2 Å². The second kappa shape index (κ2) is 12.8. The first-order chi connectivity index (χ1) is 18.2. The molecule has 1 aliphatic rings. The van der Waals surface area contributed by atoms with Crippen molar-refractivity contribution in [3.8, 4) is 0 Å². The third-order valence-electron chi connectivity index (χ3n) is 5.51. The maximum absolute atomic E-state index is 12.3. The number of aromatic nitrogens is 2. The minimum atomic E-state index is -5.08. The number of carbonyl (C=O) groups excluding carboxylic acids is 1. The smallest absolute Gasteiger partial charge is 0.475 e. The van der Waals surface area contributed by atoms with E-state index < -0.39 is 48.7 Å². The van der Waals surface area contributed by atoms with Crippen molar-refractivity contribution in [2.24, 2.45) is 5.73 Å². The van der Waals surface area contributed by atoms with E-state index in [-0.39, 0.29) is 6.61 Å². The van der Waals surface area contributed by atoms with Gasteiger partial charge in [-0.3, -0.25) is 9.36 Å². The van der Waals surface area contributed by atoms with E-state index in [4.69, 9.17) is 48.3 Å². The van der Waals surface area contributed by atoms with Crippen LogP contribution >= 0.6 is 39.1 Å². The highest BCUT2D eigenvalue weighted by Gasteiger charge is 2.45. The molecule has 16 heteroatoms. The molecule has 212 valence electrons. The minimum absolute atomic E-state index is 0.271. The highest BCUT2D eigenvalue weighted by Crippen LogP contribution is 2.37. The number of aliphatic carboxylic acids is 1. The quantitative estimate of drug-likeness (QED) is 0.291. The first kappa shape index (κ1) is 31.1. The Hall–Kier alpha value is -2.46. The fourth-order valence-electron chi connectivity index (χ4n) is 3.61. The number of hydrogen-bond donors (Lipinski definition) is 4. The van der Waals surface area contributed by atoms with Gasteiger partial charge in [-0.15, -0.1) is 0 Å². The van der Waals surface area contributed by atoms with Crippen LogP contribution in [0.15, 0.2) is 47.2 Å². The monoisotopic (exact) mass is 657 g/mol. The number of carboxylic acid groups (broad SMARTS) is 1. The maximum atomic E-state index is 12.3. The summed E-state index contributed by atoms with van der Waals surface area (Å²) in [7, 11) is 0. The Morgan fingerprint density at radius 3 is 2.33 bits per heavy atom. The van der Waals surface area contributed by atoms with Crippen LogP contribution in [0.1, 0.15) is 11.8 Å². The lowest BCUT2D eigenvalue weighted by molar-refractivity contribution is -0.192. The Morgan fingerprint density at radius 2 is 1.74 bits per heavy atom. The summed E-state index contributed by atoms with van der Waals surface area (Å²) < 4.78 is 44.7. The van der Waals surface area contributed by atoms with Crippen molar-refractivity contribution in [3.05, 3.63) is 62.8 Å². The fraction of sp³-hybridized carbons (Fsp3) is 0.348. The molecule has 5 atom stereocenters. The van der Waals surface area contributed by atoms with Gasteiger partial charge in [0.05, 0.1) is 21.1 Å². The highest BCUT2D eigenvalue weighted by molar-refractivity contribution is 9.10. The summed E-state index contributed by atoms with van der Waals surface area (Å²) in [6.07, 6.45) is -9.33. The number of carboxylic acids is 1. The fourth-order valence-corrected chi connectivity index (χ4v) is 4.51. The number of hydrogen-bond acceptors (Lipinski definition) is 8. The van der Waals surface area contributed by atoms with Crippen molar-refractivity contribution in [1.82, 2.24) is 9.55 Å². The van der Waals surface area contributed by atoms with Gasteiger partial charge in [-0.25, -0.2) is 9.78 Å². The Balaban J connectivity index is 0.000000532. The average Bonchev–Trinajstić information content (AvgIpc) is 3.32. The van der Waals surface area contributed by atoms with E-state index in [1.165, 1.54) is 0 Å². The summed E-state index contributed by atoms with van der Waals surface area (Å²) in [6, 6.07) is 11.6. The number of rotatable bonds is 6. The van der Waals surface area contributed by atoms with E-state index in [1.807, 2.05) is 30.3 Å². The number of fused-ring (bicyclic) bond motifs is 1. The second-order valence-corrected chi connectivity index (χ2v) is 9.80.